The first-order chi connectivity index (χ1) is 11.2. The number of carbonyl (C=O) groups is 3. The molecule has 7 heteroatoms. The molecule has 128 valence electrons. The molecule has 0 aliphatic carbocycles. The first kappa shape index (κ1) is 20.9. The van der Waals surface area contributed by atoms with Gasteiger partial charge >= 0.3 is 5.97 Å². The van der Waals surface area contributed by atoms with Crippen molar-refractivity contribution >= 4 is 17.7 Å². The highest BCUT2D eigenvalue weighted by molar-refractivity contribution is 6.01. The van der Waals surface area contributed by atoms with Crippen molar-refractivity contribution in [3.8, 4) is 6.07 Å². The number of hydrogen-bond donors (Lipinski definition) is 3. The number of Topliss-reactive ketones (excluding diaryl/α,β-unsaturated/α-hetero) is 1. The van der Waals surface area contributed by atoms with Gasteiger partial charge in [-0.25, -0.2) is 0 Å². The monoisotopic (exact) mass is 332 g/mol. The summed E-state index contributed by atoms with van der Waals surface area (Å²) in [5, 5.41) is 28.7. The zero-order valence-electron chi connectivity index (χ0n) is 13.4. The number of nitrogens with one attached hydrogen (secondary N) is 1. The predicted molar refractivity (Wildman–Crippen MR) is 87.8 cm³/mol. The maximum Gasteiger partial charge on any atom is 0.303 e. The van der Waals surface area contributed by atoms with Crippen molar-refractivity contribution in [3.05, 3.63) is 48.8 Å². The molecule has 0 radical (unpaired) electrons. The molecule has 0 heterocycles. The van der Waals surface area contributed by atoms with Gasteiger partial charge in [-0.15, -0.1) is 0 Å². The van der Waals surface area contributed by atoms with Gasteiger partial charge in [0.05, 0.1) is 0 Å². The van der Waals surface area contributed by atoms with E-state index in [2.05, 4.69) is 18.5 Å². The Morgan fingerprint density at radius 3 is 2.25 bits per heavy atom. The minimum absolute atomic E-state index is 0.144. The van der Waals surface area contributed by atoms with E-state index < -0.39 is 29.6 Å². The van der Waals surface area contributed by atoms with Gasteiger partial charge in [0, 0.05) is 12.5 Å². The van der Waals surface area contributed by atoms with Gasteiger partial charge in [-0.2, -0.15) is 5.26 Å². The predicted octanol–water partition coefficient (Wildman–Crippen LogP) is 1.81. The first-order valence-electron chi connectivity index (χ1n) is 7.06. The zero-order valence-corrected chi connectivity index (χ0v) is 13.4. The number of ketones is 1. The average molecular weight is 332 g/mol. The fourth-order valence-electron chi connectivity index (χ4n) is 1.70. The third kappa shape index (κ3) is 9.00. The van der Waals surface area contributed by atoms with E-state index in [-0.39, 0.29) is 18.6 Å². The van der Waals surface area contributed by atoms with Gasteiger partial charge in [0.1, 0.15) is 17.9 Å². The second kappa shape index (κ2) is 10.6. The molecule has 1 amide bonds. The molecular formula is C17H20N2O5. The summed E-state index contributed by atoms with van der Waals surface area (Å²) in [6, 6.07) is 0.355. The molecule has 2 atom stereocenters. The van der Waals surface area contributed by atoms with E-state index in [0.29, 0.717) is 5.57 Å². The van der Waals surface area contributed by atoms with Gasteiger partial charge < -0.3 is 15.5 Å². The molecule has 0 aliphatic heterocycles. The largest absolute Gasteiger partial charge is 0.509 e. The van der Waals surface area contributed by atoms with Crippen LogP contribution in [0.1, 0.15) is 19.8 Å². The lowest BCUT2D eigenvalue weighted by molar-refractivity contribution is -0.137. The third-order valence-corrected chi connectivity index (χ3v) is 3.01. The summed E-state index contributed by atoms with van der Waals surface area (Å²) in [5.41, 5.74) is 0.405. The molecular weight excluding hydrogens is 312 g/mol. The van der Waals surface area contributed by atoms with Crippen LogP contribution in [0.2, 0.25) is 0 Å². The van der Waals surface area contributed by atoms with Crippen LogP contribution >= 0.6 is 0 Å². The number of nitriles is 1. The van der Waals surface area contributed by atoms with Gasteiger partial charge in [-0.1, -0.05) is 32.2 Å². The highest BCUT2D eigenvalue weighted by Crippen LogP contribution is 2.12. The molecule has 0 aromatic rings. The van der Waals surface area contributed by atoms with E-state index in [0.717, 1.165) is 6.08 Å². The number of aliphatic carboxylic acids is 1. The molecule has 0 saturated carbocycles. The van der Waals surface area contributed by atoms with Crippen LogP contribution in [-0.2, 0) is 14.4 Å². The number of nitrogens with zero attached hydrogens (tertiary/aromatic N) is 1. The quantitative estimate of drug-likeness (QED) is 0.242. The molecule has 0 bridgehead atoms. The topological polar surface area (TPSA) is 127 Å². The van der Waals surface area contributed by atoms with Crippen molar-refractivity contribution in [2.75, 3.05) is 0 Å². The summed E-state index contributed by atoms with van der Waals surface area (Å²) >= 11 is 0. The van der Waals surface area contributed by atoms with Gasteiger partial charge in [0.15, 0.2) is 0 Å². The maximum atomic E-state index is 11.9. The Morgan fingerprint density at radius 2 is 1.75 bits per heavy atom. The SMILES string of the molecule is C=C(O)/C=C\C(=C)/C=C/C(=O)NC(C(=O)C#N)C(C)CCC(=O)O. The summed E-state index contributed by atoms with van der Waals surface area (Å²) in [7, 11) is 0. The zero-order chi connectivity index (χ0) is 18.7. The molecule has 0 aromatic heterocycles. The van der Waals surface area contributed by atoms with Crippen molar-refractivity contribution in [3.63, 3.8) is 0 Å². The smallest absolute Gasteiger partial charge is 0.303 e. The molecule has 24 heavy (non-hydrogen) atoms. The Morgan fingerprint density at radius 1 is 1.17 bits per heavy atom. The van der Waals surface area contributed by atoms with E-state index in [1.165, 1.54) is 24.3 Å². The minimum atomic E-state index is -1.09. The average Bonchev–Trinajstić information content (AvgIpc) is 2.52. The highest BCUT2D eigenvalue weighted by atomic mass is 16.4. The second-order valence-electron chi connectivity index (χ2n) is 5.10. The van der Waals surface area contributed by atoms with E-state index in [9.17, 15) is 14.4 Å². The molecule has 0 fully saturated rings. The number of carbonyl (C=O) groups excluding carboxylic acids is 2. The van der Waals surface area contributed by atoms with Crippen LogP contribution in [0.4, 0.5) is 0 Å². The fraction of sp³-hybridized carbons (Fsp3) is 0.294. The summed E-state index contributed by atoms with van der Waals surface area (Å²) in [4.78, 5) is 34.1. The number of aliphatic hydroxyl groups excluding tert-OH is 1. The van der Waals surface area contributed by atoms with E-state index >= 15 is 0 Å². The number of hydrogen-bond acceptors (Lipinski definition) is 5. The van der Waals surface area contributed by atoms with Crippen molar-refractivity contribution in [2.45, 2.75) is 25.8 Å². The maximum absolute atomic E-state index is 11.9. The Kier molecular flexibility index (Phi) is 9.18. The lowest BCUT2D eigenvalue weighted by atomic mass is 9.93. The van der Waals surface area contributed by atoms with Crippen LogP contribution in [0.25, 0.3) is 0 Å². The molecule has 0 saturated heterocycles. The Labute approximate surface area is 140 Å². The third-order valence-electron chi connectivity index (χ3n) is 3.01. The number of amides is 1. The van der Waals surface area contributed by atoms with Gasteiger partial charge in [-0.05, 0) is 24.0 Å². The van der Waals surface area contributed by atoms with Crippen LogP contribution in [0.15, 0.2) is 48.8 Å². The normalized spacial score (nSPS) is 13.2. The standard InChI is InChI=1S/C17H20N2O5/c1-11(4-7-13(3)20)5-8-15(22)19-17(14(21)10-18)12(2)6-9-16(23)24/h4-5,7-8,12,17,20H,1,3,6,9H2,2H3,(H,19,22)(H,23,24)/b7-4-,8-5+. The van der Waals surface area contributed by atoms with Gasteiger partial charge in [0.2, 0.25) is 5.91 Å². The molecule has 3 N–H and O–H groups in total. The van der Waals surface area contributed by atoms with Crippen LogP contribution in [0.3, 0.4) is 0 Å². The van der Waals surface area contributed by atoms with E-state index in [1.54, 1.807) is 6.92 Å². The molecule has 0 aromatic carbocycles. The van der Waals surface area contributed by atoms with Crippen molar-refractivity contribution in [1.82, 2.24) is 5.32 Å². The lowest BCUT2D eigenvalue weighted by Gasteiger charge is -2.20. The molecule has 0 aliphatic rings. The summed E-state index contributed by atoms with van der Waals surface area (Å²) in [6.45, 7) is 8.46. The number of aliphatic hydroxyl groups is 1. The fourth-order valence-corrected chi connectivity index (χ4v) is 1.70. The van der Waals surface area contributed by atoms with Crippen LogP contribution < -0.4 is 5.32 Å². The molecule has 0 rings (SSSR count). The summed E-state index contributed by atoms with van der Waals surface area (Å²) < 4.78 is 0. The number of allylic oxidation sites excluding steroid dienone is 4. The van der Waals surface area contributed by atoms with Crippen molar-refractivity contribution in [1.29, 1.82) is 5.26 Å². The number of carboxylic acids is 1. The van der Waals surface area contributed by atoms with Gasteiger partial charge in [0.25, 0.3) is 5.78 Å². The van der Waals surface area contributed by atoms with Crippen molar-refractivity contribution in [2.24, 2.45) is 5.92 Å². The summed E-state index contributed by atoms with van der Waals surface area (Å²) in [5.74, 6) is -3.16. The van der Waals surface area contributed by atoms with Crippen LogP contribution in [-0.4, -0.2) is 33.9 Å². The molecule has 7 nitrogen and oxygen atoms in total. The lowest BCUT2D eigenvalue weighted by Crippen LogP contribution is -2.44. The second-order valence-corrected chi connectivity index (χ2v) is 5.10. The molecule has 0 spiro atoms. The van der Waals surface area contributed by atoms with Crippen molar-refractivity contribution < 1.29 is 24.6 Å². The van der Waals surface area contributed by atoms with Gasteiger partial charge in [-0.3, -0.25) is 14.4 Å². The van der Waals surface area contributed by atoms with Crippen LogP contribution in [0, 0.1) is 17.2 Å². The number of rotatable bonds is 10. The minimum Gasteiger partial charge on any atom is -0.509 e. The van der Waals surface area contributed by atoms with E-state index in [1.807, 2.05) is 0 Å². The Hall–Kier alpha value is -3.14. The van der Waals surface area contributed by atoms with E-state index in [4.69, 9.17) is 15.5 Å². The van der Waals surface area contributed by atoms with Crippen LogP contribution in [0.5, 0.6) is 0 Å². The number of carboxylic acid groups (broad SMARTS) is 1. The molecule has 2 unspecified atom stereocenters. The Balaban J connectivity index is 4.85. The Bertz CT molecular complexity index is 625. The first-order valence-corrected chi connectivity index (χ1v) is 7.06. The summed E-state index contributed by atoms with van der Waals surface area (Å²) in [6.07, 6.45) is 5.17. The highest BCUT2D eigenvalue weighted by Gasteiger charge is 2.26.